The second kappa shape index (κ2) is 8.00. The molecular formula is C36H29BN2. The van der Waals surface area contributed by atoms with E-state index >= 15 is 0 Å². The van der Waals surface area contributed by atoms with Gasteiger partial charge >= 0.3 is 0 Å². The molecule has 0 unspecified atom stereocenters. The van der Waals surface area contributed by atoms with Gasteiger partial charge in [0, 0.05) is 46.5 Å². The molecule has 0 spiro atoms. The summed E-state index contributed by atoms with van der Waals surface area (Å²) in [5, 5.41) is 0. The number of anilines is 4. The van der Waals surface area contributed by atoms with Gasteiger partial charge in [-0.3, -0.25) is 0 Å². The number of para-hydroxylation sites is 2. The van der Waals surface area contributed by atoms with Gasteiger partial charge < -0.3 is 9.80 Å². The van der Waals surface area contributed by atoms with E-state index in [0.29, 0.717) is 0 Å². The van der Waals surface area contributed by atoms with E-state index in [4.69, 9.17) is 0 Å². The molecule has 0 saturated carbocycles. The summed E-state index contributed by atoms with van der Waals surface area (Å²) in [5.41, 5.74) is 16.1. The van der Waals surface area contributed by atoms with E-state index in [1.165, 1.54) is 55.7 Å². The molecule has 0 atom stereocenters. The van der Waals surface area contributed by atoms with Crippen molar-refractivity contribution in [2.24, 2.45) is 0 Å². The summed E-state index contributed by atoms with van der Waals surface area (Å²) < 4.78 is 0. The van der Waals surface area contributed by atoms with E-state index in [1.807, 2.05) is 0 Å². The van der Waals surface area contributed by atoms with Crippen LogP contribution in [0.1, 0.15) is 25.0 Å². The summed E-state index contributed by atoms with van der Waals surface area (Å²) in [4.78, 5) is 4.81. The van der Waals surface area contributed by atoms with Gasteiger partial charge in [0.05, 0.1) is 0 Å². The van der Waals surface area contributed by atoms with Crippen molar-refractivity contribution >= 4 is 46.1 Å². The number of hydrogen-bond acceptors (Lipinski definition) is 2. The van der Waals surface area contributed by atoms with E-state index in [1.54, 1.807) is 0 Å². The second-order valence-corrected chi connectivity index (χ2v) is 11.4. The Labute approximate surface area is 230 Å². The summed E-state index contributed by atoms with van der Waals surface area (Å²) in [6.45, 7) is 5.08. The first kappa shape index (κ1) is 22.5. The largest absolute Gasteiger partial charge is 0.345 e. The van der Waals surface area contributed by atoms with Crippen molar-refractivity contribution in [3.8, 4) is 11.1 Å². The molecule has 0 radical (unpaired) electrons. The van der Waals surface area contributed by atoms with Crippen LogP contribution in [-0.2, 0) is 5.41 Å². The zero-order valence-corrected chi connectivity index (χ0v) is 22.5. The average Bonchev–Trinajstić information content (AvgIpc) is 3.42. The summed E-state index contributed by atoms with van der Waals surface area (Å²) in [7, 11) is 2.25. The van der Waals surface area contributed by atoms with Crippen molar-refractivity contribution in [1.29, 1.82) is 0 Å². The van der Waals surface area contributed by atoms with Crippen LogP contribution in [0.3, 0.4) is 0 Å². The van der Waals surface area contributed by atoms with Crippen molar-refractivity contribution in [1.82, 2.24) is 0 Å². The highest BCUT2D eigenvalue weighted by molar-refractivity contribution is 6.97. The number of hydrogen-bond donors (Lipinski definition) is 0. The molecular weight excluding hydrogens is 471 g/mol. The monoisotopic (exact) mass is 500 g/mol. The lowest BCUT2D eigenvalue weighted by Gasteiger charge is -2.36. The fraction of sp³-hybridized carbons (Fsp3) is 0.111. The Morgan fingerprint density at radius 2 is 1.26 bits per heavy atom. The smallest absolute Gasteiger partial charge is 0.244 e. The quantitative estimate of drug-likeness (QED) is 0.238. The second-order valence-electron chi connectivity index (χ2n) is 11.4. The number of rotatable bonds is 3. The lowest BCUT2D eigenvalue weighted by Crippen LogP contribution is -2.50. The van der Waals surface area contributed by atoms with Crippen LogP contribution < -0.4 is 20.7 Å². The van der Waals surface area contributed by atoms with Crippen LogP contribution in [-0.4, -0.2) is 13.8 Å². The van der Waals surface area contributed by atoms with Crippen LogP contribution in [0.2, 0.25) is 0 Å². The number of allylic oxidation sites excluding steroid dienone is 1. The third-order valence-corrected chi connectivity index (χ3v) is 9.07. The lowest BCUT2D eigenvalue weighted by molar-refractivity contribution is 0.666. The van der Waals surface area contributed by atoms with Crippen LogP contribution in [0.25, 0.3) is 16.8 Å². The zero-order valence-electron chi connectivity index (χ0n) is 22.5. The summed E-state index contributed by atoms with van der Waals surface area (Å²) in [6, 6.07) is 44.4. The molecule has 0 N–H and O–H groups in total. The molecule has 3 aliphatic rings. The molecule has 2 aliphatic heterocycles. The summed E-state index contributed by atoms with van der Waals surface area (Å²) >= 11 is 0. The van der Waals surface area contributed by atoms with Crippen LogP contribution in [0, 0.1) is 0 Å². The van der Waals surface area contributed by atoms with Gasteiger partial charge in [-0.15, -0.1) is 0 Å². The third-order valence-electron chi connectivity index (χ3n) is 9.07. The van der Waals surface area contributed by atoms with E-state index in [2.05, 4.69) is 152 Å². The van der Waals surface area contributed by atoms with Gasteiger partial charge in [0.25, 0.3) is 0 Å². The predicted molar refractivity (Wildman–Crippen MR) is 166 cm³/mol. The fourth-order valence-electron chi connectivity index (χ4n) is 7.41. The standard InChI is InChI=1S/C36H29BN2/c1-36(2)30-19-11-10-17-28(30)34-35(36)37-31-22-21-26(23-29(31)27-18-12-20-32(33(27)37)38(34)3)39(24-13-6-4-7-14-24)25-15-8-5-9-16-25/h4-23H,1-3H3. The van der Waals surface area contributed by atoms with Crippen molar-refractivity contribution in [3.63, 3.8) is 0 Å². The summed E-state index contributed by atoms with van der Waals surface area (Å²) in [6.07, 6.45) is 0. The molecule has 0 bridgehead atoms. The highest BCUT2D eigenvalue weighted by Gasteiger charge is 2.51. The fourth-order valence-corrected chi connectivity index (χ4v) is 7.41. The Morgan fingerprint density at radius 1 is 0.615 bits per heavy atom. The topological polar surface area (TPSA) is 6.48 Å². The molecule has 3 heteroatoms. The lowest BCUT2D eigenvalue weighted by atomic mass is 9.33. The van der Waals surface area contributed by atoms with Gasteiger partial charge in [-0.05, 0) is 64.6 Å². The first-order chi connectivity index (χ1) is 19.1. The Kier molecular flexibility index (Phi) is 4.61. The van der Waals surface area contributed by atoms with E-state index in [0.717, 1.165) is 11.4 Å². The highest BCUT2D eigenvalue weighted by Crippen LogP contribution is 2.52. The molecule has 0 aromatic heterocycles. The molecule has 5 aromatic rings. The van der Waals surface area contributed by atoms with Crippen LogP contribution in [0.15, 0.2) is 127 Å². The van der Waals surface area contributed by atoms with Gasteiger partial charge in [0.15, 0.2) is 0 Å². The van der Waals surface area contributed by atoms with Crippen molar-refractivity contribution in [2.45, 2.75) is 19.3 Å². The Morgan fingerprint density at radius 3 is 1.97 bits per heavy atom. The van der Waals surface area contributed by atoms with Gasteiger partial charge in [0.2, 0.25) is 6.71 Å². The van der Waals surface area contributed by atoms with Gasteiger partial charge in [-0.2, -0.15) is 0 Å². The predicted octanol–water partition coefficient (Wildman–Crippen LogP) is 7.44. The highest BCUT2D eigenvalue weighted by atomic mass is 15.1. The first-order valence-corrected chi connectivity index (χ1v) is 13.8. The minimum atomic E-state index is -0.0456. The number of benzene rings is 5. The van der Waals surface area contributed by atoms with Crippen molar-refractivity contribution in [3.05, 3.63) is 138 Å². The average molecular weight is 500 g/mol. The SMILES string of the molecule is CN1C2=C(B3c4ccc(N(c5ccccc5)c5ccccc5)cc4-c4cccc1c43)C(C)(C)c1ccccc12. The van der Waals surface area contributed by atoms with Crippen LogP contribution >= 0.6 is 0 Å². The Bertz CT molecular complexity index is 1760. The molecule has 186 valence electrons. The van der Waals surface area contributed by atoms with E-state index in [9.17, 15) is 0 Å². The van der Waals surface area contributed by atoms with Gasteiger partial charge in [-0.25, -0.2) is 0 Å². The molecule has 0 fully saturated rings. The minimum absolute atomic E-state index is 0.0456. The minimum Gasteiger partial charge on any atom is -0.345 e. The molecule has 8 rings (SSSR count). The van der Waals surface area contributed by atoms with Gasteiger partial charge in [0.1, 0.15) is 0 Å². The van der Waals surface area contributed by atoms with Crippen molar-refractivity contribution < 1.29 is 0 Å². The summed E-state index contributed by atoms with van der Waals surface area (Å²) in [5.74, 6) is 0. The third kappa shape index (κ3) is 2.99. The van der Waals surface area contributed by atoms with E-state index < -0.39 is 0 Å². The maximum Gasteiger partial charge on any atom is 0.244 e. The van der Waals surface area contributed by atoms with Crippen LogP contribution in [0.5, 0.6) is 0 Å². The molecule has 2 heterocycles. The van der Waals surface area contributed by atoms with Crippen molar-refractivity contribution in [2.75, 3.05) is 16.8 Å². The molecule has 39 heavy (non-hydrogen) atoms. The molecule has 0 amide bonds. The molecule has 5 aromatic carbocycles. The maximum atomic E-state index is 2.45. The molecule has 2 nitrogen and oxygen atoms in total. The Hall–Kier alpha value is -4.50. The molecule has 0 saturated heterocycles. The first-order valence-electron chi connectivity index (χ1n) is 13.8. The van der Waals surface area contributed by atoms with Gasteiger partial charge in [-0.1, -0.05) is 104 Å². The number of fused-ring (bicyclic) bond motifs is 6. The Balaban J connectivity index is 1.36. The zero-order chi connectivity index (χ0) is 26.3. The maximum absolute atomic E-state index is 2.45. The van der Waals surface area contributed by atoms with Crippen LogP contribution in [0.4, 0.5) is 22.7 Å². The molecule has 1 aliphatic carbocycles. The normalized spacial score (nSPS) is 15.6. The number of nitrogens with zero attached hydrogens (tertiary/aromatic N) is 2. The van der Waals surface area contributed by atoms with E-state index in [-0.39, 0.29) is 12.1 Å².